The zero-order valence-electron chi connectivity index (χ0n) is 12.5. The summed E-state index contributed by atoms with van der Waals surface area (Å²) in [7, 11) is 1.99. The molecule has 0 bridgehead atoms. The lowest BCUT2D eigenvalue weighted by Crippen LogP contribution is -2.47. The average Bonchev–Trinajstić information content (AvgIpc) is 2.93. The highest BCUT2D eigenvalue weighted by atomic mass is 15.3. The van der Waals surface area contributed by atoms with Gasteiger partial charge in [-0.15, -0.1) is 0 Å². The number of hydrogen-bond donors (Lipinski definition) is 1. The molecule has 0 unspecified atom stereocenters. The zero-order chi connectivity index (χ0) is 13.8. The number of allylic oxidation sites excluding steroid dienone is 2. The molecule has 1 aliphatic carbocycles. The second kappa shape index (κ2) is 6.44. The molecule has 2 heterocycles. The van der Waals surface area contributed by atoms with Crippen LogP contribution in [-0.2, 0) is 7.05 Å². The first-order chi connectivity index (χ1) is 9.81. The smallest absolute Gasteiger partial charge is 0.0752 e. The molecular weight excluding hydrogens is 248 g/mol. The quantitative estimate of drug-likeness (QED) is 0.856. The lowest BCUT2D eigenvalue weighted by atomic mass is 9.94. The van der Waals surface area contributed by atoms with Gasteiger partial charge in [0.05, 0.1) is 11.9 Å². The van der Waals surface area contributed by atoms with Crippen molar-refractivity contribution >= 4 is 5.69 Å². The van der Waals surface area contributed by atoms with Crippen LogP contribution in [0, 0.1) is 5.92 Å². The Kier molecular flexibility index (Phi) is 4.41. The predicted molar refractivity (Wildman–Crippen MR) is 82.9 cm³/mol. The van der Waals surface area contributed by atoms with Crippen molar-refractivity contribution in [2.45, 2.75) is 38.1 Å². The summed E-state index contributed by atoms with van der Waals surface area (Å²) >= 11 is 0. The summed E-state index contributed by atoms with van der Waals surface area (Å²) in [6, 6.07) is 0.634. The van der Waals surface area contributed by atoms with Gasteiger partial charge in [-0.1, -0.05) is 12.2 Å². The molecule has 2 atom stereocenters. The van der Waals surface area contributed by atoms with Crippen molar-refractivity contribution in [2.75, 3.05) is 24.5 Å². The number of aromatic nitrogens is 2. The van der Waals surface area contributed by atoms with E-state index in [1.807, 2.05) is 17.9 Å². The van der Waals surface area contributed by atoms with E-state index in [9.17, 15) is 0 Å². The van der Waals surface area contributed by atoms with Crippen LogP contribution < -0.4 is 10.2 Å². The molecule has 110 valence electrons. The molecule has 3 rings (SSSR count). The van der Waals surface area contributed by atoms with Crippen LogP contribution in [0.2, 0.25) is 0 Å². The minimum Gasteiger partial charge on any atom is -0.367 e. The molecule has 0 saturated carbocycles. The summed E-state index contributed by atoms with van der Waals surface area (Å²) in [4.78, 5) is 2.47. The molecule has 1 aromatic rings. The maximum absolute atomic E-state index is 4.28. The molecule has 4 heteroatoms. The monoisotopic (exact) mass is 274 g/mol. The summed E-state index contributed by atoms with van der Waals surface area (Å²) in [6.45, 7) is 3.46. The van der Waals surface area contributed by atoms with E-state index in [1.54, 1.807) is 0 Å². The van der Waals surface area contributed by atoms with Gasteiger partial charge in [0.2, 0.25) is 0 Å². The number of anilines is 1. The molecular formula is C16H26N4. The normalized spacial score (nSPS) is 26.9. The first-order valence-corrected chi connectivity index (χ1v) is 7.93. The summed E-state index contributed by atoms with van der Waals surface area (Å²) in [5, 5.41) is 8.08. The number of rotatable bonds is 4. The zero-order valence-corrected chi connectivity index (χ0v) is 12.5. The molecule has 2 aliphatic rings. The third kappa shape index (κ3) is 3.42. The number of nitrogens with one attached hydrogen (secondary N) is 1. The summed E-state index contributed by atoms with van der Waals surface area (Å²) in [5.74, 6) is 0.841. The van der Waals surface area contributed by atoms with Crippen LogP contribution in [0.1, 0.15) is 32.1 Å². The number of hydrogen-bond acceptors (Lipinski definition) is 3. The van der Waals surface area contributed by atoms with Crippen molar-refractivity contribution in [3.63, 3.8) is 0 Å². The van der Waals surface area contributed by atoms with Crippen molar-refractivity contribution < 1.29 is 0 Å². The molecule has 20 heavy (non-hydrogen) atoms. The highest BCUT2D eigenvalue weighted by Crippen LogP contribution is 2.21. The minimum atomic E-state index is 0.634. The van der Waals surface area contributed by atoms with Gasteiger partial charge < -0.3 is 10.2 Å². The summed E-state index contributed by atoms with van der Waals surface area (Å²) in [6.07, 6.45) is 15.2. The lowest BCUT2D eigenvalue weighted by Gasteiger charge is -2.34. The van der Waals surface area contributed by atoms with E-state index in [1.165, 1.54) is 44.3 Å². The van der Waals surface area contributed by atoms with Crippen LogP contribution in [0.5, 0.6) is 0 Å². The fourth-order valence-electron chi connectivity index (χ4n) is 3.32. The molecule has 0 radical (unpaired) electrons. The van der Waals surface area contributed by atoms with Crippen LogP contribution in [0.15, 0.2) is 24.5 Å². The molecule has 4 nitrogen and oxygen atoms in total. The third-order valence-electron chi connectivity index (χ3n) is 4.55. The van der Waals surface area contributed by atoms with Crippen molar-refractivity contribution in [2.24, 2.45) is 13.0 Å². The molecule has 1 N–H and O–H groups in total. The predicted octanol–water partition coefficient (Wildman–Crippen LogP) is 2.33. The molecule has 1 saturated heterocycles. The van der Waals surface area contributed by atoms with Gasteiger partial charge in [-0.3, -0.25) is 4.68 Å². The Labute approximate surface area is 121 Å². The Balaban J connectivity index is 1.49. The van der Waals surface area contributed by atoms with E-state index >= 15 is 0 Å². The topological polar surface area (TPSA) is 33.1 Å². The summed E-state index contributed by atoms with van der Waals surface area (Å²) < 4.78 is 1.89. The highest BCUT2D eigenvalue weighted by molar-refractivity contribution is 5.42. The fraction of sp³-hybridized carbons (Fsp3) is 0.688. The highest BCUT2D eigenvalue weighted by Gasteiger charge is 2.21. The van der Waals surface area contributed by atoms with Crippen LogP contribution in [0.4, 0.5) is 5.69 Å². The Morgan fingerprint density at radius 3 is 3.05 bits per heavy atom. The van der Waals surface area contributed by atoms with Gasteiger partial charge in [0.25, 0.3) is 0 Å². The SMILES string of the molecule is Cn1cc(N2CCC[C@H](NC[C@@H]3CC=CCC3)C2)cn1. The fourth-order valence-corrected chi connectivity index (χ4v) is 3.32. The maximum Gasteiger partial charge on any atom is 0.0752 e. The Morgan fingerprint density at radius 1 is 1.35 bits per heavy atom. The van der Waals surface area contributed by atoms with Crippen molar-refractivity contribution in [1.29, 1.82) is 0 Å². The van der Waals surface area contributed by atoms with E-state index in [0.717, 1.165) is 19.0 Å². The van der Waals surface area contributed by atoms with E-state index in [2.05, 4.69) is 33.7 Å². The van der Waals surface area contributed by atoms with Crippen LogP contribution in [-0.4, -0.2) is 35.5 Å². The van der Waals surface area contributed by atoms with E-state index in [0.29, 0.717) is 6.04 Å². The van der Waals surface area contributed by atoms with Crippen molar-refractivity contribution in [1.82, 2.24) is 15.1 Å². The summed E-state index contributed by atoms with van der Waals surface area (Å²) in [5.41, 5.74) is 1.26. The van der Waals surface area contributed by atoms with Gasteiger partial charge in [-0.25, -0.2) is 0 Å². The number of nitrogens with zero attached hydrogens (tertiary/aromatic N) is 3. The molecule has 1 fully saturated rings. The first-order valence-electron chi connectivity index (χ1n) is 7.93. The first kappa shape index (κ1) is 13.7. The average molecular weight is 274 g/mol. The van der Waals surface area contributed by atoms with Crippen LogP contribution in [0.25, 0.3) is 0 Å². The molecule has 1 aromatic heterocycles. The van der Waals surface area contributed by atoms with Gasteiger partial charge in [0.15, 0.2) is 0 Å². The largest absolute Gasteiger partial charge is 0.367 e. The number of aryl methyl sites for hydroxylation is 1. The minimum absolute atomic E-state index is 0.634. The molecule has 0 amide bonds. The molecule has 1 aliphatic heterocycles. The van der Waals surface area contributed by atoms with Gasteiger partial charge in [-0.2, -0.15) is 5.10 Å². The Hall–Kier alpha value is -1.29. The number of piperidine rings is 1. The second-order valence-corrected chi connectivity index (χ2v) is 6.22. The standard InChI is InChI=1S/C16H26N4/c1-19-13-16(11-18-19)20-9-5-8-15(12-20)17-10-14-6-3-2-4-7-14/h2-3,11,13-15,17H,4-10,12H2,1H3/t14-,15+/m1/s1. The maximum atomic E-state index is 4.28. The van der Waals surface area contributed by atoms with Crippen LogP contribution >= 0.6 is 0 Å². The van der Waals surface area contributed by atoms with Gasteiger partial charge in [0, 0.05) is 32.4 Å². The second-order valence-electron chi connectivity index (χ2n) is 6.22. The molecule has 0 aromatic carbocycles. The molecule has 0 spiro atoms. The van der Waals surface area contributed by atoms with Crippen molar-refractivity contribution in [3.05, 3.63) is 24.5 Å². The van der Waals surface area contributed by atoms with E-state index < -0.39 is 0 Å². The lowest BCUT2D eigenvalue weighted by molar-refractivity contribution is 0.367. The Morgan fingerprint density at radius 2 is 2.30 bits per heavy atom. The van der Waals surface area contributed by atoms with Crippen molar-refractivity contribution in [3.8, 4) is 0 Å². The van der Waals surface area contributed by atoms with Gasteiger partial charge in [0.1, 0.15) is 0 Å². The van der Waals surface area contributed by atoms with Gasteiger partial charge in [-0.05, 0) is 44.6 Å². The van der Waals surface area contributed by atoms with Crippen LogP contribution in [0.3, 0.4) is 0 Å². The third-order valence-corrected chi connectivity index (χ3v) is 4.55. The van der Waals surface area contributed by atoms with E-state index in [4.69, 9.17) is 0 Å². The van der Waals surface area contributed by atoms with E-state index in [-0.39, 0.29) is 0 Å². The Bertz CT molecular complexity index is 451. The van der Waals surface area contributed by atoms with Gasteiger partial charge >= 0.3 is 0 Å².